The monoisotopic (exact) mass is 269 g/mol. The molecule has 102 valence electrons. The van der Waals surface area contributed by atoms with Crippen LogP contribution in [0.15, 0.2) is 42.5 Å². The number of hydrogen-bond donors (Lipinski definition) is 2. The fourth-order valence-electron chi connectivity index (χ4n) is 2.28. The number of para-hydroxylation sites is 2. The minimum atomic E-state index is -0.149. The third kappa shape index (κ3) is 1.98. The van der Waals surface area contributed by atoms with Crippen molar-refractivity contribution < 1.29 is 9.53 Å². The molecule has 5 nitrogen and oxygen atoms in total. The van der Waals surface area contributed by atoms with Crippen LogP contribution >= 0.6 is 0 Å². The summed E-state index contributed by atoms with van der Waals surface area (Å²) in [5.74, 6) is 0.509. The van der Waals surface area contributed by atoms with Crippen LogP contribution in [-0.2, 0) is 11.3 Å². The molecular weight excluding hydrogens is 254 g/mol. The largest absolute Gasteiger partial charge is 0.482 e. The molecule has 0 radical (unpaired) electrons. The molecule has 0 aromatic heterocycles. The molecule has 0 unspecified atom stereocenters. The Labute approximate surface area is 116 Å². The maximum atomic E-state index is 12.2. The van der Waals surface area contributed by atoms with Gasteiger partial charge in [0.2, 0.25) is 0 Å². The van der Waals surface area contributed by atoms with Crippen LogP contribution < -0.4 is 21.1 Å². The Balaban J connectivity index is 2.17. The van der Waals surface area contributed by atoms with Crippen molar-refractivity contribution in [3.8, 4) is 5.75 Å². The van der Waals surface area contributed by atoms with Crippen molar-refractivity contribution in [1.29, 1.82) is 0 Å². The lowest BCUT2D eigenvalue weighted by molar-refractivity contribution is -0.120. The van der Waals surface area contributed by atoms with E-state index in [0.717, 1.165) is 5.56 Å². The van der Waals surface area contributed by atoms with Gasteiger partial charge in [-0.3, -0.25) is 9.69 Å². The minimum Gasteiger partial charge on any atom is -0.482 e. The van der Waals surface area contributed by atoms with Crippen LogP contribution in [-0.4, -0.2) is 12.5 Å². The summed E-state index contributed by atoms with van der Waals surface area (Å²) in [5, 5.41) is 0. The van der Waals surface area contributed by atoms with Gasteiger partial charge in [-0.15, -0.1) is 0 Å². The molecule has 0 bridgehead atoms. The predicted octanol–water partition coefficient (Wildman–Crippen LogP) is 1.78. The molecule has 1 heterocycles. The molecule has 1 aliphatic rings. The zero-order chi connectivity index (χ0) is 14.1. The number of rotatable bonds is 2. The first-order valence-electron chi connectivity index (χ1n) is 6.34. The molecule has 0 atom stereocenters. The van der Waals surface area contributed by atoms with E-state index in [4.69, 9.17) is 16.2 Å². The van der Waals surface area contributed by atoms with Gasteiger partial charge in [-0.25, -0.2) is 0 Å². The Morgan fingerprint density at radius 2 is 1.95 bits per heavy atom. The fraction of sp³-hybridized carbons (Fsp3) is 0.133. The van der Waals surface area contributed by atoms with Crippen molar-refractivity contribution in [2.24, 2.45) is 5.73 Å². The molecule has 3 rings (SSSR count). The molecule has 0 saturated carbocycles. The molecule has 0 spiro atoms. The normalized spacial score (nSPS) is 13.8. The Morgan fingerprint density at radius 1 is 1.15 bits per heavy atom. The van der Waals surface area contributed by atoms with E-state index in [1.807, 2.05) is 36.4 Å². The smallest absolute Gasteiger partial charge is 0.269 e. The highest BCUT2D eigenvalue weighted by Crippen LogP contribution is 2.39. The number of nitrogens with zero attached hydrogens (tertiary/aromatic N) is 1. The second kappa shape index (κ2) is 4.86. The Hall–Kier alpha value is -2.53. The van der Waals surface area contributed by atoms with E-state index < -0.39 is 0 Å². The number of benzene rings is 2. The number of carbonyl (C=O) groups excluding carboxylic acids is 1. The van der Waals surface area contributed by atoms with Gasteiger partial charge in [0.1, 0.15) is 5.75 Å². The Bertz CT molecular complexity index is 670. The molecular formula is C15H15N3O2. The predicted molar refractivity (Wildman–Crippen MR) is 77.8 cm³/mol. The summed E-state index contributed by atoms with van der Waals surface area (Å²) in [7, 11) is 0. The topological polar surface area (TPSA) is 81.6 Å². The molecule has 2 aromatic rings. The molecule has 20 heavy (non-hydrogen) atoms. The zero-order valence-corrected chi connectivity index (χ0v) is 10.9. The van der Waals surface area contributed by atoms with Gasteiger partial charge in [0.15, 0.2) is 6.61 Å². The van der Waals surface area contributed by atoms with Crippen LogP contribution in [0.4, 0.5) is 17.1 Å². The lowest BCUT2D eigenvalue weighted by atomic mass is 10.1. The van der Waals surface area contributed by atoms with Crippen LogP contribution in [0.3, 0.4) is 0 Å². The average Bonchev–Trinajstić information content (AvgIpc) is 2.48. The number of fused-ring (bicyclic) bond motifs is 1. The number of ether oxygens (including phenoxy) is 1. The fourth-order valence-corrected chi connectivity index (χ4v) is 2.28. The highest BCUT2D eigenvalue weighted by Gasteiger charge is 2.28. The van der Waals surface area contributed by atoms with E-state index in [2.05, 4.69) is 0 Å². The summed E-state index contributed by atoms with van der Waals surface area (Å²) in [6, 6.07) is 12.8. The van der Waals surface area contributed by atoms with E-state index >= 15 is 0 Å². The second-order valence-electron chi connectivity index (χ2n) is 4.58. The van der Waals surface area contributed by atoms with Gasteiger partial charge in [0.05, 0.1) is 17.1 Å². The van der Waals surface area contributed by atoms with Crippen molar-refractivity contribution in [2.75, 3.05) is 17.2 Å². The molecule has 1 amide bonds. The summed E-state index contributed by atoms with van der Waals surface area (Å²) in [6.45, 7) is 0.406. The summed E-state index contributed by atoms with van der Waals surface area (Å²) < 4.78 is 5.45. The summed E-state index contributed by atoms with van der Waals surface area (Å²) in [6.07, 6.45) is 0. The van der Waals surface area contributed by atoms with E-state index in [1.165, 1.54) is 0 Å². The van der Waals surface area contributed by atoms with Gasteiger partial charge in [-0.05, 0) is 29.8 Å². The maximum absolute atomic E-state index is 12.2. The van der Waals surface area contributed by atoms with Gasteiger partial charge in [-0.1, -0.05) is 18.2 Å². The van der Waals surface area contributed by atoms with Crippen LogP contribution in [0.1, 0.15) is 5.56 Å². The zero-order valence-electron chi connectivity index (χ0n) is 10.9. The summed E-state index contributed by atoms with van der Waals surface area (Å²) in [5.41, 5.74) is 14.5. The van der Waals surface area contributed by atoms with E-state index in [1.54, 1.807) is 11.0 Å². The molecule has 0 saturated heterocycles. The van der Waals surface area contributed by atoms with Crippen molar-refractivity contribution in [2.45, 2.75) is 6.54 Å². The highest BCUT2D eigenvalue weighted by atomic mass is 16.5. The molecule has 4 N–H and O–H groups in total. The van der Waals surface area contributed by atoms with E-state index in [9.17, 15) is 4.79 Å². The quantitative estimate of drug-likeness (QED) is 0.814. The Kier molecular flexibility index (Phi) is 3.04. The SMILES string of the molecule is NCc1ccc2c(c1)N(c1ccccc1N)C(=O)CO2. The molecule has 5 heteroatoms. The lowest BCUT2D eigenvalue weighted by Crippen LogP contribution is -2.35. The first-order chi connectivity index (χ1) is 9.70. The van der Waals surface area contributed by atoms with Crippen LogP contribution in [0.25, 0.3) is 0 Å². The number of amides is 1. The van der Waals surface area contributed by atoms with Crippen molar-refractivity contribution in [3.05, 3.63) is 48.0 Å². The third-order valence-electron chi connectivity index (χ3n) is 3.28. The molecule has 0 aliphatic carbocycles. The summed E-state index contributed by atoms with van der Waals surface area (Å²) >= 11 is 0. The first-order valence-corrected chi connectivity index (χ1v) is 6.34. The number of nitrogens with two attached hydrogens (primary N) is 2. The molecule has 0 fully saturated rings. The number of anilines is 3. The van der Waals surface area contributed by atoms with Crippen LogP contribution in [0.5, 0.6) is 5.75 Å². The second-order valence-corrected chi connectivity index (χ2v) is 4.58. The van der Waals surface area contributed by atoms with Gasteiger partial charge >= 0.3 is 0 Å². The first kappa shape index (κ1) is 12.5. The van der Waals surface area contributed by atoms with Crippen LogP contribution in [0, 0.1) is 0 Å². The average molecular weight is 269 g/mol. The van der Waals surface area contributed by atoms with Gasteiger partial charge in [0, 0.05) is 6.54 Å². The van der Waals surface area contributed by atoms with Crippen molar-refractivity contribution in [1.82, 2.24) is 0 Å². The number of nitrogen functional groups attached to an aromatic ring is 1. The van der Waals surface area contributed by atoms with Gasteiger partial charge in [-0.2, -0.15) is 0 Å². The standard InChI is InChI=1S/C15H15N3O2/c16-8-10-5-6-14-13(7-10)18(15(19)9-20-14)12-4-2-1-3-11(12)17/h1-7H,8-9,16-17H2. The third-order valence-corrected chi connectivity index (χ3v) is 3.28. The van der Waals surface area contributed by atoms with Crippen molar-refractivity contribution >= 4 is 23.0 Å². The van der Waals surface area contributed by atoms with E-state index in [0.29, 0.717) is 29.4 Å². The number of carbonyl (C=O) groups is 1. The van der Waals surface area contributed by atoms with Gasteiger partial charge in [0.25, 0.3) is 5.91 Å². The maximum Gasteiger partial charge on any atom is 0.269 e. The van der Waals surface area contributed by atoms with E-state index in [-0.39, 0.29) is 12.5 Å². The van der Waals surface area contributed by atoms with Crippen LogP contribution in [0.2, 0.25) is 0 Å². The number of hydrogen-bond acceptors (Lipinski definition) is 4. The Morgan fingerprint density at radius 3 is 2.70 bits per heavy atom. The highest BCUT2D eigenvalue weighted by molar-refractivity contribution is 6.06. The summed E-state index contributed by atoms with van der Waals surface area (Å²) in [4.78, 5) is 13.8. The molecule has 2 aromatic carbocycles. The minimum absolute atomic E-state index is 0.00328. The van der Waals surface area contributed by atoms with Crippen molar-refractivity contribution in [3.63, 3.8) is 0 Å². The molecule has 1 aliphatic heterocycles. The lowest BCUT2D eigenvalue weighted by Gasteiger charge is -2.30. The van der Waals surface area contributed by atoms with Gasteiger partial charge < -0.3 is 16.2 Å².